The largest absolute Gasteiger partial charge is 0.444 e. The molecular formula is C32H43Cl2N7O4Si. The molecule has 1 aromatic carbocycles. The van der Waals surface area contributed by atoms with Crippen LogP contribution in [0.15, 0.2) is 23.1 Å². The van der Waals surface area contributed by atoms with Crippen LogP contribution in [0.2, 0.25) is 35.9 Å². The zero-order valence-corrected chi connectivity index (χ0v) is 30.3. The molecule has 11 nitrogen and oxygen atoms in total. The van der Waals surface area contributed by atoms with Gasteiger partial charge >= 0.3 is 6.09 Å². The summed E-state index contributed by atoms with van der Waals surface area (Å²) in [6.07, 6.45) is 4.07. The fourth-order valence-corrected chi connectivity index (χ4v) is 8.10. The fourth-order valence-electron chi connectivity index (χ4n) is 6.71. The van der Waals surface area contributed by atoms with Crippen LogP contribution in [0.4, 0.5) is 10.7 Å². The number of aromatic nitrogens is 5. The highest BCUT2D eigenvalue weighted by atomic mass is 35.5. The van der Waals surface area contributed by atoms with Gasteiger partial charge < -0.3 is 24.3 Å². The summed E-state index contributed by atoms with van der Waals surface area (Å²) in [5.41, 5.74) is 1.75. The molecule has 248 valence electrons. The Bertz CT molecular complexity index is 1890. The number of carbonyl (C=O) groups excluding carboxylic acids is 1. The summed E-state index contributed by atoms with van der Waals surface area (Å²) in [6.45, 7) is 13.4. The Morgan fingerprint density at radius 3 is 2.54 bits per heavy atom. The second kappa shape index (κ2) is 11.9. The second-order valence-electron chi connectivity index (χ2n) is 14.8. The van der Waals surface area contributed by atoms with Crippen LogP contribution in [0.1, 0.15) is 40.0 Å². The third-order valence-corrected chi connectivity index (χ3v) is 11.5. The van der Waals surface area contributed by atoms with E-state index in [9.17, 15) is 9.59 Å². The number of anilines is 1. The SMILES string of the molecule is Cn1nc2ccc(-c3cn(COCC[Si](C)(C)C)c4nc(N5C6CC[C@@H]5[C@H](NC(=O)OC(C)(C)C)C6)n(C)c(=O)c34)c(Cl)c2c1Cl. The van der Waals surface area contributed by atoms with Crippen molar-refractivity contribution in [1.29, 1.82) is 0 Å². The van der Waals surface area contributed by atoms with E-state index in [4.69, 9.17) is 37.7 Å². The summed E-state index contributed by atoms with van der Waals surface area (Å²) in [7, 11) is 2.22. The van der Waals surface area contributed by atoms with Crippen LogP contribution < -0.4 is 15.8 Å². The van der Waals surface area contributed by atoms with Gasteiger partial charge in [-0.15, -0.1) is 0 Å². The van der Waals surface area contributed by atoms with Crippen molar-refractivity contribution in [1.82, 2.24) is 29.2 Å². The van der Waals surface area contributed by atoms with Gasteiger partial charge in [0.15, 0.2) is 5.65 Å². The number of ether oxygens (including phenoxy) is 2. The van der Waals surface area contributed by atoms with Gasteiger partial charge in [-0.2, -0.15) is 10.1 Å². The van der Waals surface area contributed by atoms with Gasteiger partial charge in [-0.05, 0) is 52.1 Å². The summed E-state index contributed by atoms with van der Waals surface area (Å²) in [5, 5.41) is 9.47. The van der Waals surface area contributed by atoms with Crippen LogP contribution in [0.25, 0.3) is 33.1 Å². The molecule has 0 saturated carbocycles. The van der Waals surface area contributed by atoms with Crippen LogP contribution in [-0.4, -0.2) is 68.4 Å². The van der Waals surface area contributed by atoms with E-state index in [0.717, 1.165) is 25.3 Å². The molecule has 0 aliphatic carbocycles. The van der Waals surface area contributed by atoms with E-state index in [1.54, 1.807) is 23.3 Å². The maximum absolute atomic E-state index is 14.3. The number of halogens is 2. The van der Waals surface area contributed by atoms with Crippen molar-refractivity contribution >= 4 is 65.3 Å². The van der Waals surface area contributed by atoms with Gasteiger partial charge in [0, 0.05) is 52.1 Å². The molecule has 2 fully saturated rings. The number of benzene rings is 1. The van der Waals surface area contributed by atoms with Crippen molar-refractivity contribution in [3.05, 3.63) is 38.9 Å². The summed E-state index contributed by atoms with van der Waals surface area (Å²) in [5.74, 6) is 0.573. The minimum atomic E-state index is -1.30. The van der Waals surface area contributed by atoms with E-state index in [1.165, 1.54) is 0 Å². The second-order valence-corrected chi connectivity index (χ2v) is 21.1. The Morgan fingerprint density at radius 2 is 1.85 bits per heavy atom. The first-order valence-corrected chi connectivity index (χ1v) is 20.3. The van der Waals surface area contributed by atoms with E-state index >= 15 is 0 Å². The molecule has 6 rings (SSSR count). The number of rotatable bonds is 8. The van der Waals surface area contributed by atoms with Gasteiger partial charge in [0.25, 0.3) is 5.56 Å². The molecule has 3 aromatic heterocycles. The molecule has 1 unspecified atom stereocenters. The van der Waals surface area contributed by atoms with Crippen LogP contribution in [-0.2, 0) is 30.3 Å². The molecule has 14 heteroatoms. The predicted octanol–water partition coefficient (Wildman–Crippen LogP) is 6.54. The zero-order valence-electron chi connectivity index (χ0n) is 27.8. The van der Waals surface area contributed by atoms with Crippen LogP contribution in [0, 0.1) is 0 Å². The summed E-state index contributed by atoms with van der Waals surface area (Å²) in [4.78, 5) is 34.4. The van der Waals surface area contributed by atoms with E-state index in [-0.39, 0.29) is 30.4 Å². The number of amides is 1. The smallest absolute Gasteiger partial charge is 0.407 e. The quantitative estimate of drug-likeness (QED) is 0.165. The van der Waals surface area contributed by atoms with Crippen LogP contribution >= 0.6 is 23.2 Å². The molecular weight excluding hydrogens is 645 g/mol. The first-order chi connectivity index (χ1) is 21.5. The Hall–Kier alpha value is -3.06. The fraction of sp³-hybridized carbons (Fsp3) is 0.562. The molecule has 2 aliphatic rings. The third kappa shape index (κ3) is 6.04. The molecule has 46 heavy (non-hydrogen) atoms. The topological polar surface area (TPSA) is 108 Å². The standard InChI is InChI=1S/C32H43Cl2N7O4Si/c1-32(2,3)45-31(43)35-22-15-18-9-12-23(22)41(18)30-36-28-24(29(42)38(30)4)20(16-40(28)17-44-13-14-46(6,7)8)19-10-11-21-25(26(19)33)27(34)39(5)37-21/h10-11,16,18,22-23H,9,12-15,17H2,1-8H3,(H,35,43)/t18?,22-,23-/m1/s1. The average Bonchev–Trinajstić information content (AvgIpc) is 3.68. The number of fused-ring (bicyclic) bond motifs is 4. The van der Waals surface area contributed by atoms with Gasteiger partial charge in [0.1, 0.15) is 17.5 Å². The normalized spacial score (nSPS) is 20.0. The monoisotopic (exact) mass is 687 g/mol. The first-order valence-electron chi connectivity index (χ1n) is 15.8. The molecule has 3 atom stereocenters. The molecule has 2 bridgehead atoms. The molecule has 0 radical (unpaired) electrons. The first kappa shape index (κ1) is 32.9. The van der Waals surface area contributed by atoms with Gasteiger partial charge in [0.2, 0.25) is 5.95 Å². The van der Waals surface area contributed by atoms with E-state index in [1.807, 2.05) is 43.7 Å². The van der Waals surface area contributed by atoms with E-state index in [0.29, 0.717) is 55.8 Å². The number of nitrogens with zero attached hydrogens (tertiary/aromatic N) is 6. The maximum atomic E-state index is 14.3. The van der Waals surface area contributed by atoms with E-state index < -0.39 is 19.8 Å². The third-order valence-electron chi connectivity index (χ3n) is 8.93. The highest BCUT2D eigenvalue weighted by Gasteiger charge is 2.49. The Kier molecular flexibility index (Phi) is 8.48. The number of hydrogen-bond donors (Lipinski definition) is 1. The Morgan fingerprint density at radius 1 is 1.11 bits per heavy atom. The molecule has 2 saturated heterocycles. The number of hydrogen-bond acceptors (Lipinski definition) is 7. The van der Waals surface area contributed by atoms with Gasteiger partial charge in [-0.1, -0.05) is 48.9 Å². The number of aryl methyl sites for hydroxylation is 1. The van der Waals surface area contributed by atoms with Crippen molar-refractivity contribution in [2.24, 2.45) is 14.1 Å². The number of carbonyl (C=O) groups is 1. The summed E-state index contributed by atoms with van der Waals surface area (Å²) < 4.78 is 16.8. The van der Waals surface area contributed by atoms with Crippen molar-refractivity contribution < 1.29 is 14.3 Å². The molecule has 5 heterocycles. The molecule has 4 aromatic rings. The number of alkyl carbamates (subject to hydrolysis) is 1. The van der Waals surface area contributed by atoms with Crippen molar-refractivity contribution in [2.45, 2.75) is 96.2 Å². The van der Waals surface area contributed by atoms with Gasteiger partial charge in [0.05, 0.1) is 33.4 Å². The van der Waals surface area contributed by atoms with Gasteiger partial charge in [-0.3, -0.25) is 14.0 Å². The lowest BCUT2D eigenvalue weighted by Gasteiger charge is -2.28. The van der Waals surface area contributed by atoms with Crippen LogP contribution in [0.5, 0.6) is 0 Å². The lowest BCUT2D eigenvalue weighted by atomic mass is 9.96. The molecule has 2 aliphatic heterocycles. The lowest BCUT2D eigenvalue weighted by Crippen LogP contribution is -2.46. The zero-order chi connectivity index (χ0) is 33.3. The lowest BCUT2D eigenvalue weighted by molar-refractivity contribution is 0.0497. The summed E-state index contributed by atoms with van der Waals surface area (Å²) >= 11 is 13.6. The van der Waals surface area contributed by atoms with E-state index in [2.05, 4.69) is 35.0 Å². The molecule has 1 amide bonds. The summed E-state index contributed by atoms with van der Waals surface area (Å²) in [6, 6.07) is 4.78. The van der Waals surface area contributed by atoms with Gasteiger partial charge in [-0.25, -0.2) is 4.79 Å². The highest BCUT2D eigenvalue weighted by Crippen LogP contribution is 2.43. The van der Waals surface area contributed by atoms with Crippen molar-refractivity contribution in [3.8, 4) is 11.1 Å². The van der Waals surface area contributed by atoms with Crippen molar-refractivity contribution in [3.63, 3.8) is 0 Å². The minimum Gasteiger partial charge on any atom is -0.444 e. The minimum absolute atomic E-state index is 0.00600. The molecule has 0 spiro atoms. The average molecular weight is 689 g/mol. The van der Waals surface area contributed by atoms with Crippen molar-refractivity contribution in [2.75, 3.05) is 11.5 Å². The maximum Gasteiger partial charge on any atom is 0.407 e. The predicted molar refractivity (Wildman–Crippen MR) is 186 cm³/mol. The number of nitrogens with one attached hydrogen (secondary N) is 1. The Labute approximate surface area is 279 Å². The molecule has 1 N–H and O–H groups in total. The van der Waals surface area contributed by atoms with Crippen LogP contribution in [0.3, 0.4) is 0 Å². The Balaban J connectivity index is 1.43. The highest BCUT2D eigenvalue weighted by molar-refractivity contribution is 6.76.